The van der Waals surface area contributed by atoms with Crippen LogP contribution >= 0.6 is 11.8 Å². The molecule has 0 radical (unpaired) electrons. The fraction of sp³-hybridized carbons (Fsp3) is 0.750. The number of nitrogens with zero attached hydrogens (tertiary/aromatic N) is 2. The summed E-state index contributed by atoms with van der Waals surface area (Å²) in [5.41, 5.74) is -1.08. The van der Waals surface area contributed by atoms with Crippen molar-refractivity contribution in [1.29, 1.82) is 0 Å². The van der Waals surface area contributed by atoms with Gasteiger partial charge in [-0.3, -0.25) is 9.36 Å². The van der Waals surface area contributed by atoms with Gasteiger partial charge in [-0.1, -0.05) is 11.8 Å². The van der Waals surface area contributed by atoms with Crippen molar-refractivity contribution in [3.63, 3.8) is 0 Å². The number of aliphatic carboxylic acids is 1. The summed E-state index contributed by atoms with van der Waals surface area (Å²) in [7, 11) is 1.69. The van der Waals surface area contributed by atoms with Gasteiger partial charge < -0.3 is 10.4 Å². The third-order valence-corrected chi connectivity index (χ3v) is 5.16. The van der Waals surface area contributed by atoms with E-state index < -0.39 is 11.5 Å². The van der Waals surface area contributed by atoms with E-state index in [4.69, 9.17) is 0 Å². The largest absolute Gasteiger partial charge is 0.480 e. The second-order valence-corrected chi connectivity index (χ2v) is 6.30. The molecular formula is C12H20N4O3S. The highest BCUT2D eigenvalue weighted by molar-refractivity contribution is 7.99. The number of aromatic nitrogens is 3. The zero-order valence-electron chi connectivity index (χ0n) is 11.7. The van der Waals surface area contributed by atoms with E-state index >= 15 is 0 Å². The van der Waals surface area contributed by atoms with Crippen molar-refractivity contribution in [3.05, 3.63) is 10.5 Å². The Morgan fingerprint density at radius 3 is 3.05 bits per heavy atom. The second kappa shape index (κ2) is 6.01. The van der Waals surface area contributed by atoms with Crippen molar-refractivity contribution >= 4 is 17.7 Å². The zero-order chi connectivity index (χ0) is 14.8. The molecule has 1 aromatic rings. The molecule has 0 aliphatic heterocycles. The molecule has 1 heterocycles. The van der Waals surface area contributed by atoms with Gasteiger partial charge in [-0.25, -0.2) is 9.89 Å². The average Bonchev–Trinajstić information content (AvgIpc) is 2.79. The molecule has 0 aromatic carbocycles. The van der Waals surface area contributed by atoms with Crippen molar-refractivity contribution < 1.29 is 9.90 Å². The summed E-state index contributed by atoms with van der Waals surface area (Å²) in [4.78, 5) is 23.0. The zero-order valence-corrected chi connectivity index (χ0v) is 12.5. The maximum atomic E-state index is 11.5. The molecule has 0 spiro atoms. The van der Waals surface area contributed by atoms with Crippen LogP contribution in [-0.4, -0.2) is 43.7 Å². The van der Waals surface area contributed by atoms with Crippen LogP contribution < -0.4 is 11.0 Å². The smallest absolute Gasteiger partial charge is 0.343 e. The van der Waals surface area contributed by atoms with Gasteiger partial charge in [0.1, 0.15) is 5.54 Å². The van der Waals surface area contributed by atoms with Crippen molar-refractivity contribution in [2.45, 2.75) is 55.1 Å². The predicted molar refractivity (Wildman–Crippen MR) is 76.1 cm³/mol. The fourth-order valence-electron chi connectivity index (χ4n) is 2.67. The average molecular weight is 300 g/mol. The van der Waals surface area contributed by atoms with Crippen LogP contribution in [-0.2, 0) is 11.3 Å². The van der Waals surface area contributed by atoms with Gasteiger partial charge in [0.25, 0.3) is 0 Å². The van der Waals surface area contributed by atoms with E-state index in [-0.39, 0.29) is 10.9 Å². The van der Waals surface area contributed by atoms with Gasteiger partial charge in [-0.15, -0.1) is 5.10 Å². The van der Waals surface area contributed by atoms with Gasteiger partial charge in [-0.2, -0.15) is 0 Å². The number of H-pyrrole nitrogens is 1. The first kappa shape index (κ1) is 15.1. The van der Waals surface area contributed by atoms with E-state index in [1.807, 2.05) is 6.92 Å². The van der Waals surface area contributed by atoms with Crippen molar-refractivity contribution in [2.75, 3.05) is 7.05 Å². The number of hydrogen-bond acceptors (Lipinski definition) is 5. The molecule has 20 heavy (non-hydrogen) atoms. The van der Waals surface area contributed by atoms with E-state index in [1.165, 1.54) is 11.8 Å². The number of rotatable bonds is 5. The van der Waals surface area contributed by atoms with Crippen LogP contribution in [0.1, 0.15) is 32.6 Å². The molecule has 2 atom stereocenters. The van der Waals surface area contributed by atoms with E-state index in [1.54, 1.807) is 11.6 Å². The molecule has 8 heteroatoms. The lowest BCUT2D eigenvalue weighted by Crippen LogP contribution is -2.53. The van der Waals surface area contributed by atoms with Crippen LogP contribution in [0.15, 0.2) is 9.95 Å². The first-order valence-electron chi connectivity index (χ1n) is 6.76. The molecular weight excluding hydrogens is 280 g/mol. The summed E-state index contributed by atoms with van der Waals surface area (Å²) in [6.07, 6.45) is 2.96. The minimum Gasteiger partial charge on any atom is -0.480 e. The van der Waals surface area contributed by atoms with Gasteiger partial charge in [0.2, 0.25) is 0 Å². The van der Waals surface area contributed by atoms with Crippen LogP contribution in [0.4, 0.5) is 0 Å². The highest BCUT2D eigenvalue weighted by Crippen LogP contribution is 2.37. The Balaban J connectivity index is 2.14. The quantitative estimate of drug-likeness (QED) is 0.739. The first-order chi connectivity index (χ1) is 9.52. The monoisotopic (exact) mass is 300 g/mol. The van der Waals surface area contributed by atoms with Crippen LogP contribution in [0, 0.1) is 0 Å². The summed E-state index contributed by atoms with van der Waals surface area (Å²) in [5, 5.41) is 19.6. The van der Waals surface area contributed by atoms with E-state index in [0.29, 0.717) is 24.5 Å². The molecule has 1 aliphatic carbocycles. The number of thioether (sulfide) groups is 1. The molecule has 3 N–H and O–H groups in total. The molecule has 1 fully saturated rings. The number of carboxylic acid groups (broad SMARTS) is 1. The molecule has 2 rings (SSSR count). The number of hydrogen-bond donors (Lipinski definition) is 3. The third kappa shape index (κ3) is 2.76. The molecule has 0 saturated heterocycles. The number of likely N-dealkylation sites (N-methyl/N-ethyl adjacent to an activating group) is 1. The number of nitrogens with one attached hydrogen (secondary N) is 2. The molecule has 112 valence electrons. The lowest BCUT2D eigenvalue weighted by molar-refractivity contribution is -0.146. The normalized spacial score (nSPS) is 26.6. The van der Waals surface area contributed by atoms with Gasteiger partial charge in [0.05, 0.1) is 0 Å². The Hall–Kier alpha value is -1.28. The van der Waals surface area contributed by atoms with E-state index in [0.717, 1.165) is 12.8 Å². The topological polar surface area (TPSA) is 100 Å². The molecule has 7 nitrogen and oxygen atoms in total. The Bertz CT molecular complexity index is 541. The lowest BCUT2D eigenvalue weighted by Gasteiger charge is -2.36. The maximum Gasteiger partial charge on any atom is 0.343 e. The summed E-state index contributed by atoms with van der Waals surface area (Å²) in [5.74, 6) is -0.805. The molecule has 0 bridgehead atoms. The molecule has 1 aliphatic rings. The molecule has 0 amide bonds. The Morgan fingerprint density at radius 2 is 2.45 bits per heavy atom. The minimum atomic E-state index is -0.858. The van der Waals surface area contributed by atoms with E-state index in [2.05, 4.69) is 15.5 Å². The van der Waals surface area contributed by atoms with Crippen molar-refractivity contribution in [3.8, 4) is 0 Å². The Labute approximate surface area is 121 Å². The summed E-state index contributed by atoms with van der Waals surface area (Å²) >= 11 is 1.49. The summed E-state index contributed by atoms with van der Waals surface area (Å²) in [6.45, 7) is 2.44. The molecule has 1 saturated carbocycles. The maximum absolute atomic E-state index is 11.5. The van der Waals surface area contributed by atoms with Gasteiger partial charge in [-0.05, 0) is 39.7 Å². The second-order valence-electron chi connectivity index (χ2n) is 5.03. The van der Waals surface area contributed by atoms with E-state index in [9.17, 15) is 14.7 Å². The molecule has 1 aromatic heterocycles. The van der Waals surface area contributed by atoms with Crippen LogP contribution in [0.3, 0.4) is 0 Å². The SMILES string of the molecule is CCn1c(SC2CCCC(NC)(C(=O)O)C2)n[nH]c1=O. The molecule has 2 unspecified atom stereocenters. The summed E-state index contributed by atoms with van der Waals surface area (Å²) < 4.78 is 1.57. The van der Waals surface area contributed by atoms with Gasteiger partial charge in [0.15, 0.2) is 5.16 Å². The van der Waals surface area contributed by atoms with Crippen molar-refractivity contribution in [2.24, 2.45) is 0 Å². The number of carboxylic acids is 1. The first-order valence-corrected chi connectivity index (χ1v) is 7.64. The lowest BCUT2D eigenvalue weighted by atomic mass is 9.81. The number of carbonyl (C=O) groups is 1. The minimum absolute atomic E-state index is 0.146. The Morgan fingerprint density at radius 1 is 1.70 bits per heavy atom. The van der Waals surface area contributed by atoms with Gasteiger partial charge >= 0.3 is 11.7 Å². The highest BCUT2D eigenvalue weighted by atomic mass is 32.2. The predicted octanol–water partition coefficient (Wildman–Crippen LogP) is 0.669. The van der Waals surface area contributed by atoms with Crippen LogP contribution in [0.25, 0.3) is 0 Å². The Kier molecular flexibility index (Phi) is 4.54. The third-order valence-electron chi connectivity index (χ3n) is 3.91. The standard InChI is InChI=1S/C12H20N4O3S/c1-3-16-10(19)14-15-11(16)20-8-5-4-6-12(7-8,13-2)9(17)18/h8,13H,3-7H2,1-2H3,(H,14,19)(H,17,18). The number of aromatic amines is 1. The fourth-order valence-corrected chi connectivity index (χ4v) is 4.06. The highest BCUT2D eigenvalue weighted by Gasteiger charge is 2.42. The van der Waals surface area contributed by atoms with Crippen molar-refractivity contribution in [1.82, 2.24) is 20.1 Å². The van der Waals surface area contributed by atoms with Crippen LogP contribution in [0.5, 0.6) is 0 Å². The van der Waals surface area contributed by atoms with Gasteiger partial charge in [0, 0.05) is 11.8 Å². The summed E-state index contributed by atoms with van der Waals surface area (Å²) in [6, 6.07) is 0. The van der Waals surface area contributed by atoms with Crippen LogP contribution in [0.2, 0.25) is 0 Å².